The standard InChI is InChI=1S/C12H14BrNO/c1-9(2)14-12(15)8-5-10-3-6-11(13)7-4-10/h3-9H,1-2H3,(H,14,15)/b8-5-. The zero-order valence-corrected chi connectivity index (χ0v) is 10.4. The summed E-state index contributed by atoms with van der Waals surface area (Å²) in [5, 5.41) is 2.79. The van der Waals surface area contributed by atoms with Crippen molar-refractivity contribution in [2.75, 3.05) is 0 Å². The van der Waals surface area contributed by atoms with Gasteiger partial charge in [-0.15, -0.1) is 0 Å². The van der Waals surface area contributed by atoms with E-state index in [1.807, 2.05) is 38.1 Å². The van der Waals surface area contributed by atoms with Gasteiger partial charge in [0.25, 0.3) is 0 Å². The molecule has 0 atom stereocenters. The Kier molecular flexibility index (Phi) is 4.56. The zero-order valence-electron chi connectivity index (χ0n) is 8.83. The first-order valence-electron chi connectivity index (χ1n) is 4.82. The molecule has 0 fully saturated rings. The molecule has 1 N–H and O–H groups in total. The van der Waals surface area contributed by atoms with E-state index < -0.39 is 0 Å². The molecule has 0 saturated carbocycles. The molecule has 1 aromatic carbocycles. The van der Waals surface area contributed by atoms with Crippen LogP contribution < -0.4 is 5.32 Å². The first-order valence-corrected chi connectivity index (χ1v) is 5.61. The summed E-state index contributed by atoms with van der Waals surface area (Å²) in [4.78, 5) is 11.3. The van der Waals surface area contributed by atoms with Crippen molar-refractivity contribution in [3.8, 4) is 0 Å². The number of carbonyl (C=O) groups is 1. The van der Waals surface area contributed by atoms with E-state index in [0.29, 0.717) is 0 Å². The summed E-state index contributed by atoms with van der Waals surface area (Å²) in [6.45, 7) is 3.87. The van der Waals surface area contributed by atoms with Crippen LogP contribution in [0.2, 0.25) is 0 Å². The normalized spacial score (nSPS) is 10.9. The fourth-order valence-electron chi connectivity index (χ4n) is 1.08. The third-order valence-corrected chi connectivity index (χ3v) is 2.26. The molecular formula is C12H14BrNO. The second kappa shape index (κ2) is 5.71. The minimum Gasteiger partial charge on any atom is -0.350 e. The van der Waals surface area contributed by atoms with Crippen LogP contribution in [0.4, 0.5) is 0 Å². The van der Waals surface area contributed by atoms with Gasteiger partial charge in [-0.25, -0.2) is 0 Å². The molecule has 1 rings (SSSR count). The van der Waals surface area contributed by atoms with Crippen LogP contribution in [-0.4, -0.2) is 11.9 Å². The Morgan fingerprint density at radius 3 is 2.47 bits per heavy atom. The van der Waals surface area contributed by atoms with Gasteiger partial charge >= 0.3 is 0 Å². The maximum atomic E-state index is 11.3. The molecule has 0 radical (unpaired) electrons. The van der Waals surface area contributed by atoms with Crippen molar-refractivity contribution in [3.63, 3.8) is 0 Å². The Morgan fingerprint density at radius 2 is 1.93 bits per heavy atom. The van der Waals surface area contributed by atoms with Gasteiger partial charge in [-0.2, -0.15) is 0 Å². The van der Waals surface area contributed by atoms with Gasteiger partial charge in [0.05, 0.1) is 0 Å². The highest BCUT2D eigenvalue weighted by Crippen LogP contribution is 2.11. The maximum Gasteiger partial charge on any atom is 0.244 e. The minimum absolute atomic E-state index is 0.0621. The van der Waals surface area contributed by atoms with E-state index in [-0.39, 0.29) is 11.9 Å². The highest BCUT2D eigenvalue weighted by Gasteiger charge is 1.97. The Morgan fingerprint density at radius 1 is 1.33 bits per heavy atom. The fourth-order valence-corrected chi connectivity index (χ4v) is 1.34. The van der Waals surface area contributed by atoms with E-state index in [4.69, 9.17) is 0 Å². The van der Waals surface area contributed by atoms with Gasteiger partial charge in [0, 0.05) is 16.6 Å². The monoisotopic (exact) mass is 267 g/mol. The summed E-state index contributed by atoms with van der Waals surface area (Å²) in [5.74, 6) is -0.0621. The molecule has 0 heterocycles. The number of carbonyl (C=O) groups excluding carboxylic acids is 1. The van der Waals surface area contributed by atoms with Crippen LogP contribution in [-0.2, 0) is 4.79 Å². The topological polar surface area (TPSA) is 29.1 Å². The second-order valence-corrected chi connectivity index (χ2v) is 4.46. The molecule has 0 aliphatic rings. The summed E-state index contributed by atoms with van der Waals surface area (Å²) in [6.07, 6.45) is 3.34. The molecular weight excluding hydrogens is 254 g/mol. The maximum absolute atomic E-state index is 11.3. The van der Waals surface area contributed by atoms with Gasteiger partial charge in [-0.05, 0) is 37.6 Å². The van der Waals surface area contributed by atoms with Crippen LogP contribution in [0.15, 0.2) is 34.8 Å². The van der Waals surface area contributed by atoms with Crippen molar-refractivity contribution in [3.05, 3.63) is 40.4 Å². The van der Waals surface area contributed by atoms with Crippen molar-refractivity contribution in [1.82, 2.24) is 5.32 Å². The van der Waals surface area contributed by atoms with Crippen LogP contribution in [0, 0.1) is 0 Å². The van der Waals surface area contributed by atoms with Gasteiger partial charge in [0.2, 0.25) is 5.91 Å². The molecule has 2 nitrogen and oxygen atoms in total. The number of benzene rings is 1. The van der Waals surface area contributed by atoms with Crippen molar-refractivity contribution in [2.24, 2.45) is 0 Å². The molecule has 0 aliphatic carbocycles. The summed E-state index contributed by atoms with van der Waals surface area (Å²) < 4.78 is 1.03. The molecule has 0 bridgehead atoms. The SMILES string of the molecule is CC(C)NC(=O)/C=C\c1ccc(Br)cc1. The Labute approximate surface area is 98.5 Å². The van der Waals surface area contributed by atoms with Gasteiger partial charge in [-0.1, -0.05) is 28.1 Å². The predicted molar refractivity (Wildman–Crippen MR) is 66.5 cm³/mol. The van der Waals surface area contributed by atoms with Crippen LogP contribution in [0.25, 0.3) is 6.08 Å². The van der Waals surface area contributed by atoms with Crippen LogP contribution in [0.3, 0.4) is 0 Å². The number of nitrogens with one attached hydrogen (secondary N) is 1. The molecule has 0 saturated heterocycles. The smallest absolute Gasteiger partial charge is 0.244 e. The lowest BCUT2D eigenvalue weighted by Gasteiger charge is -2.03. The van der Waals surface area contributed by atoms with Crippen molar-refractivity contribution in [2.45, 2.75) is 19.9 Å². The molecule has 1 aromatic rings. The molecule has 80 valence electrons. The van der Waals surface area contributed by atoms with Crippen LogP contribution in [0.1, 0.15) is 19.4 Å². The third kappa shape index (κ3) is 4.79. The summed E-state index contributed by atoms with van der Waals surface area (Å²) in [5.41, 5.74) is 1.01. The zero-order chi connectivity index (χ0) is 11.3. The average Bonchev–Trinajstić information content (AvgIpc) is 2.16. The molecule has 0 aromatic heterocycles. The Balaban J connectivity index is 2.57. The van der Waals surface area contributed by atoms with E-state index in [1.165, 1.54) is 0 Å². The highest BCUT2D eigenvalue weighted by molar-refractivity contribution is 9.10. The largest absolute Gasteiger partial charge is 0.350 e. The highest BCUT2D eigenvalue weighted by atomic mass is 79.9. The average molecular weight is 268 g/mol. The number of halogens is 1. The Hall–Kier alpha value is -1.09. The van der Waals surface area contributed by atoms with E-state index in [9.17, 15) is 4.79 Å². The first-order chi connectivity index (χ1) is 7.08. The predicted octanol–water partition coefficient (Wildman–Crippen LogP) is 2.99. The van der Waals surface area contributed by atoms with Gasteiger partial charge in [-0.3, -0.25) is 4.79 Å². The van der Waals surface area contributed by atoms with E-state index >= 15 is 0 Å². The van der Waals surface area contributed by atoms with E-state index in [0.717, 1.165) is 10.0 Å². The van der Waals surface area contributed by atoms with Crippen LogP contribution in [0.5, 0.6) is 0 Å². The quantitative estimate of drug-likeness (QED) is 0.839. The lowest BCUT2D eigenvalue weighted by molar-refractivity contribution is -0.116. The lowest BCUT2D eigenvalue weighted by atomic mass is 10.2. The second-order valence-electron chi connectivity index (χ2n) is 3.55. The number of hydrogen-bond acceptors (Lipinski definition) is 1. The fraction of sp³-hybridized carbons (Fsp3) is 0.250. The van der Waals surface area contributed by atoms with Gasteiger partial charge < -0.3 is 5.32 Å². The first kappa shape index (κ1) is 12.0. The molecule has 3 heteroatoms. The number of hydrogen-bond donors (Lipinski definition) is 1. The van der Waals surface area contributed by atoms with E-state index in [1.54, 1.807) is 12.2 Å². The molecule has 0 spiro atoms. The third-order valence-electron chi connectivity index (χ3n) is 1.73. The molecule has 1 amide bonds. The number of rotatable bonds is 3. The van der Waals surface area contributed by atoms with Gasteiger partial charge in [0.1, 0.15) is 0 Å². The number of amides is 1. The minimum atomic E-state index is -0.0621. The van der Waals surface area contributed by atoms with Crippen LogP contribution >= 0.6 is 15.9 Å². The Bertz CT molecular complexity index is 354. The van der Waals surface area contributed by atoms with E-state index in [2.05, 4.69) is 21.2 Å². The van der Waals surface area contributed by atoms with Crippen molar-refractivity contribution < 1.29 is 4.79 Å². The van der Waals surface area contributed by atoms with Crippen molar-refractivity contribution >= 4 is 27.9 Å². The molecule has 0 aliphatic heterocycles. The summed E-state index contributed by atoms with van der Waals surface area (Å²) in [6, 6.07) is 7.96. The summed E-state index contributed by atoms with van der Waals surface area (Å²) in [7, 11) is 0. The summed E-state index contributed by atoms with van der Waals surface area (Å²) >= 11 is 3.35. The molecule has 0 unspecified atom stereocenters. The molecule has 15 heavy (non-hydrogen) atoms. The van der Waals surface area contributed by atoms with Crippen molar-refractivity contribution in [1.29, 1.82) is 0 Å². The van der Waals surface area contributed by atoms with Gasteiger partial charge in [0.15, 0.2) is 0 Å². The lowest BCUT2D eigenvalue weighted by Crippen LogP contribution is -2.28.